The molecule has 7 nitrogen and oxygen atoms in total. The molecular formula is C18H25N3O4. The first-order valence-corrected chi connectivity index (χ1v) is 8.68. The van der Waals surface area contributed by atoms with Crippen molar-refractivity contribution in [3.63, 3.8) is 0 Å². The average molecular weight is 347 g/mol. The smallest absolute Gasteiger partial charge is 0.231 e. The van der Waals surface area contributed by atoms with Gasteiger partial charge in [0.25, 0.3) is 0 Å². The zero-order chi connectivity index (χ0) is 17.8. The van der Waals surface area contributed by atoms with Crippen molar-refractivity contribution in [3.8, 4) is 11.5 Å². The quantitative estimate of drug-likeness (QED) is 0.561. The Balaban J connectivity index is 1.46. The molecule has 3 rings (SSSR count). The van der Waals surface area contributed by atoms with Gasteiger partial charge in [-0.3, -0.25) is 14.5 Å². The predicted octanol–water partition coefficient (Wildman–Crippen LogP) is 1.09. The van der Waals surface area contributed by atoms with Crippen LogP contribution in [0, 0.1) is 0 Å². The van der Waals surface area contributed by atoms with Crippen LogP contribution in [0.25, 0.3) is 0 Å². The lowest BCUT2D eigenvalue weighted by Gasteiger charge is -2.30. The van der Waals surface area contributed by atoms with Crippen molar-refractivity contribution in [1.82, 2.24) is 15.1 Å². The zero-order valence-electron chi connectivity index (χ0n) is 14.8. The number of ether oxygens (including phenoxy) is 2. The van der Waals surface area contributed by atoms with E-state index in [0.717, 1.165) is 19.6 Å². The van der Waals surface area contributed by atoms with Crippen LogP contribution in [0.5, 0.6) is 11.5 Å². The van der Waals surface area contributed by atoms with Crippen LogP contribution < -0.4 is 14.8 Å². The van der Waals surface area contributed by atoms with E-state index in [1.165, 1.54) is 6.42 Å². The molecule has 136 valence electrons. The summed E-state index contributed by atoms with van der Waals surface area (Å²) in [5.41, 5.74) is 0.577. The average Bonchev–Trinajstić information content (AvgIpc) is 3.04. The Morgan fingerprint density at radius 3 is 2.76 bits per heavy atom. The second-order valence-electron chi connectivity index (χ2n) is 6.57. The minimum Gasteiger partial charge on any atom is -0.454 e. The number of carbonyl (C=O) groups excluding carboxylic acids is 2. The molecule has 0 aliphatic carbocycles. The van der Waals surface area contributed by atoms with Crippen molar-refractivity contribution < 1.29 is 19.1 Å². The van der Waals surface area contributed by atoms with Crippen LogP contribution in [0.4, 0.5) is 0 Å². The molecule has 1 saturated heterocycles. The van der Waals surface area contributed by atoms with Crippen LogP contribution >= 0.6 is 0 Å². The minimum absolute atomic E-state index is 0.0153. The van der Waals surface area contributed by atoms with Gasteiger partial charge in [0, 0.05) is 18.5 Å². The van der Waals surface area contributed by atoms with Crippen LogP contribution in [-0.4, -0.2) is 67.7 Å². The van der Waals surface area contributed by atoms with Crippen LogP contribution in [-0.2, 0) is 4.79 Å². The van der Waals surface area contributed by atoms with Gasteiger partial charge in [-0.25, -0.2) is 0 Å². The van der Waals surface area contributed by atoms with Gasteiger partial charge < -0.3 is 19.7 Å². The molecule has 0 spiro atoms. The molecule has 1 fully saturated rings. The number of hydrogen-bond donors (Lipinski definition) is 1. The van der Waals surface area contributed by atoms with Gasteiger partial charge in [0.1, 0.15) is 0 Å². The molecule has 1 aromatic rings. The molecule has 1 atom stereocenters. The number of nitrogens with one attached hydrogen (secondary N) is 1. The van der Waals surface area contributed by atoms with Crippen LogP contribution in [0.15, 0.2) is 18.2 Å². The molecular weight excluding hydrogens is 322 g/mol. The van der Waals surface area contributed by atoms with E-state index in [2.05, 4.69) is 10.2 Å². The first-order chi connectivity index (χ1) is 12.0. The third-order valence-corrected chi connectivity index (χ3v) is 4.83. The number of Topliss-reactive ketones (excluding diaryl/α,β-unsaturated/α-hetero) is 1. The summed E-state index contributed by atoms with van der Waals surface area (Å²) >= 11 is 0. The van der Waals surface area contributed by atoms with E-state index < -0.39 is 0 Å². The van der Waals surface area contributed by atoms with Gasteiger partial charge in [-0.1, -0.05) is 0 Å². The van der Waals surface area contributed by atoms with Gasteiger partial charge in [-0.2, -0.15) is 0 Å². The Labute approximate surface area is 147 Å². The maximum atomic E-state index is 12.6. The molecule has 2 heterocycles. The Morgan fingerprint density at radius 1 is 1.28 bits per heavy atom. The molecule has 1 unspecified atom stereocenters. The number of carbonyl (C=O) groups is 2. The molecule has 0 saturated carbocycles. The Hall–Kier alpha value is -2.12. The third kappa shape index (κ3) is 4.29. The van der Waals surface area contributed by atoms with Gasteiger partial charge in [-0.15, -0.1) is 0 Å². The number of likely N-dealkylation sites (tertiary alicyclic amines) is 1. The lowest BCUT2D eigenvalue weighted by atomic mass is 10.0. The van der Waals surface area contributed by atoms with E-state index in [1.807, 2.05) is 18.9 Å². The summed E-state index contributed by atoms with van der Waals surface area (Å²) in [6, 6.07) is 4.85. The SMILES string of the molecule is CC(C(=O)c1ccc2c(c1)OCO2)N(C)CNC(=O)CCN1CCC1. The largest absolute Gasteiger partial charge is 0.454 e. The lowest BCUT2D eigenvalue weighted by molar-refractivity contribution is -0.122. The fraction of sp³-hybridized carbons (Fsp3) is 0.556. The number of nitrogens with zero attached hydrogens (tertiary/aromatic N) is 2. The van der Waals surface area contributed by atoms with Gasteiger partial charge in [-0.05, 0) is 51.7 Å². The summed E-state index contributed by atoms with van der Waals surface area (Å²) in [5, 5.41) is 2.88. The highest BCUT2D eigenvalue weighted by molar-refractivity contribution is 6.00. The van der Waals surface area contributed by atoms with Crippen molar-refractivity contribution >= 4 is 11.7 Å². The Morgan fingerprint density at radius 2 is 2.04 bits per heavy atom. The number of ketones is 1. The van der Waals surface area contributed by atoms with E-state index in [4.69, 9.17) is 9.47 Å². The number of benzene rings is 1. The van der Waals surface area contributed by atoms with Gasteiger partial charge in [0.2, 0.25) is 12.7 Å². The van der Waals surface area contributed by atoms with Crippen LogP contribution in [0.2, 0.25) is 0 Å². The molecule has 25 heavy (non-hydrogen) atoms. The van der Waals surface area contributed by atoms with Crippen molar-refractivity contribution in [2.75, 3.05) is 40.1 Å². The summed E-state index contributed by atoms with van der Waals surface area (Å²) in [5.74, 6) is 1.25. The van der Waals surface area contributed by atoms with Gasteiger partial charge >= 0.3 is 0 Å². The summed E-state index contributed by atoms with van der Waals surface area (Å²) < 4.78 is 10.6. The molecule has 1 aromatic carbocycles. The molecule has 0 radical (unpaired) electrons. The molecule has 1 N–H and O–H groups in total. The first-order valence-electron chi connectivity index (χ1n) is 8.68. The number of rotatable bonds is 8. The summed E-state index contributed by atoms with van der Waals surface area (Å²) in [6.07, 6.45) is 1.72. The number of likely N-dealkylation sites (N-methyl/N-ethyl adjacent to an activating group) is 1. The van der Waals surface area contributed by atoms with Crippen molar-refractivity contribution in [3.05, 3.63) is 23.8 Å². The Bertz CT molecular complexity index is 645. The van der Waals surface area contributed by atoms with Crippen LogP contribution in [0.1, 0.15) is 30.1 Å². The minimum atomic E-state index is -0.351. The normalized spacial score (nSPS) is 17.2. The van der Waals surface area contributed by atoms with Crippen molar-refractivity contribution in [2.45, 2.75) is 25.8 Å². The molecule has 2 aliphatic heterocycles. The highest BCUT2D eigenvalue weighted by Crippen LogP contribution is 2.32. The maximum Gasteiger partial charge on any atom is 0.231 e. The van der Waals surface area contributed by atoms with E-state index >= 15 is 0 Å². The fourth-order valence-corrected chi connectivity index (χ4v) is 2.79. The molecule has 0 aromatic heterocycles. The monoisotopic (exact) mass is 347 g/mol. The zero-order valence-corrected chi connectivity index (χ0v) is 14.8. The second kappa shape index (κ2) is 7.84. The van der Waals surface area contributed by atoms with E-state index in [0.29, 0.717) is 30.2 Å². The van der Waals surface area contributed by atoms with E-state index in [1.54, 1.807) is 18.2 Å². The molecule has 2 aliphatic rings. The Kier molecular flexibility index (Phi) is 5.55. The van der Waals surface area contributed by atoms with Crippen molar-refractivity contribution in [2.24, 2.45) is 0 Å². The first kappa shape index (κ1) is 17.7. The van der Waals surface area contributed by atoms with Gasteiger partial charge in [0.15, 0.2) is 17.3 Å². The topological polar surface area (TPSA) is 71.1 Å². The van der Waals surface area contributed by atoms with Crippen molar-refractivity contribution in [1.29, 1.82) is 0 Å². The standard InChI is InChI=1S/C18H25N3O4/c1-13(18(23)14-4-5-15-16(10-14)25-12-24-15)20(2)11-19-17(22)6-9-21-7-3-8-21/h4-5,10,13H,3,6-9,11-12H2,1-2H3,(H,19,22). The highest BCUT2D eigenvalue weighted by Gasteiger charge is 2.23. The second-order valence-corrected chi connectivity index (χ2v) is 6.57. The molecule has 7 heteroatoms. The van der Waals surface area contributed by atoms with E-state index in [9.17, 15) is 9.59 Å². The number of amides is 1. The molecule has 1 amide bonds. The summed E-state index contributed by atoms with van der Waals surface area (Å²) in [7, 11) is 1.82. The number of fused-ring (bicyclic) bond motifs is 1. The van der Waals surface area contributed by atoms with Crippen LogP contribution in [0.3, 0.4) is 0 Å². The predicted molar refractivity (Wildman–Crippen MR) is 92.8 cm³/mol. The fourth-order valence-electron chi connectivity index (χ4n) is 2.79. The highest BCUT2D eigenvalue weighted by atomic mass is 16.7. The summed E-state index contributed by atoms with van der Waals surface area (Å²) in [4.78, 5) is 28.6. The van der Waals surface area contributed by atoms with Gasteiger partial charge in [0.05, 0.1) is 12.7 Å². The summed E-state index contributed by atoms with van der Waals surface area (Å²) in [6.45, 7) is 5.35. The lowest BCUT2D eigenvalue weighted by Crippen LogP contribution is -2.44. The molecule has 0 bridgehead atoms. The third-order valence-electron chi connectivity index (χ3n) is 4.83. The van der Waals surface area contributed by atoms with E-state index in [-0.39, 0.29) is 24.5 Å². The number of hydrogen-bond acceptors (Lipinski definition) is 6. The maximum absolute atomic E-state index is 12.6.